The zero-order valence-corrected chi connectivity index (χ0v) is 19.2. The van der Waals surface area contributed by atoms with Gasteiger partial charge in [0, 0.05) is 44.0 Å². The van der Waals surface area contributed by atoms with Crippen LogP contribution in [0.2, 0.25) is 0 Å². The minimum absolute atomic E-state index is 0.251. The highest BCUT2D eigenvalue weighted by Gasteiger charge is 2.17. The number of methoxy groups -OCH3 is 2. The normalized spacial score (nSPS) is 14.2. The summed E-state index contributed by atoms with van der Waals surface area (Å²) >= 11 is 0. The van der Waals surface area contributed by atoms with Crippen molar-refractivity contribution in [1.29, 1.82) is 0 Å². The Kier molecular flexibility index (Phi) is 7.04. The van der Waals surface area contributed by atoms with Crippen LogP contribution in [0.5, 0.6) is 11.5 Å². The summed E-state index contributed by atoms with van der Waals surface area (Å²) in [5.41, 5.74) is 2.24. The number of piperazine rings is 1. The highest BCUT2D eigenvalue weighted by molar-refractivity contribution is 6.02. The van der Waals surface area contributed by atoms with Crippen LogP contribution in [0.1, 0.15) is 21.7 Å². The Hall–Kier alpha value is -3.66. The minimum atomic E-state index is -0.344. The molecule has 1 aliphatic rings. The summed E-state index contributed by atoms with van der Waals surface area (Å²) in [6.07, 6.45) is 1.49. The van der Waals surface area contributed by atoms with Crippen molar-refractivity contribution in [2.45, 2.75) is 12.8 Å². The van der Waals surface area contributed by atoms with Gasteiger partial charge in [-0.15, -0.1) is 10.2 Å². The van der Waals surface area contributed by atoms with E-state index >= 15 is 0 Å². The number of rotatable bonds is 8. The number of benzene rings is 1. The molecule has 0 unspecified atom stereocenters. The van der Waals surface area contributed by atoms with Crippen LogP contribution in [0.15, 0.2) is 36.4 Å². The second kappa shape index (κ2) is 10.3. The van der Waals surface area contributed by atoms with Crippen LogP contribution in [0.25, 0.3) is 0 Å². The maximum absolute atomic E-state index is 12.6. The highest BCUT2D eigenvalue weighted by Crippen LogP contribution is 2.23. The average Bonchev–Trinajstić information content (AvgIpc) is 3.30. The van der Waals surface area contributed by atoms with Crippen molar-refractivity contribution in [2.24, 2.45) is 0 Å². The fourth-order valence-corrected chi connectivity index (χ4v) is 3.67. The Morgan fingerprint density at radius 1 is 1.00 bits per heavy atom. The maximum atomic E-state index is 12.6. The number of hydrogen-bond acceptors (Lipinski definition) is 8. The Bertz CT molecular complexity index is 1050. The first-order chi connectivity index (χ1) is 16.0. The van der Waals surface area contributed by atoms with Crippen molar-refractivity contribution in [3.8, 4) is 11.5 Å². The molecule has 33 heavy (non-hydrogen) atoms. The monoisotopic (exact) mass is 451 g/mol. The Morgan fingerprint density at radius 2 is 1.73 bits per heavy atom. The SMILES string of the molecule is COc1cc(CCc2cc(NC(=O)c3ccc(N4CCN(C)CC4)nn3)n[nH]2)cc(OC)c1. The third kappa shape index (κ3) is 5.78. The third-order valence-electron chi connectivity index (χ3n) is 5.68. The van der Waals surface area contributed by atoms with E-state index in [0.717, 1.165) is 67.6 Å². The van der Waals surface area contributed by atoms with Gasteiger partial charge in [0.2, 0.25) is 0 Å². The van der Waals surface area contributed by atoms with Gasteiger partial charge in [-0.05, 0) is 49.7 Å². The molecule has 0 saturated carbocycles. The number of aryl methyl sites for hydroxylation is 2. The molecule has 1 aliphatic heterocycles. The number of nitrogens with one attached hydrogen (secondary N) is 2. The fourth-order valence-electron chi connectivity index (χ4n) is 3.67. The first-order valence-electron chi connectivity index (χ1n) is 10.9. The molecule has 1 saturated heterocycles. The van der Waals surface area contributed by atoms with Crippen LogP contribution < -0.4 is 19.7 Å². The van der Waals surface area contributed by atoms with Gasteiger partial charge in [0.15, 0.2) is 17.3 Å². The van der Waals surface area contributed by atoms with Gasteiger partial charge in [-0.25, -0.2) is 0 Å². The average molecular weight is 452 g/mol. The number of anilines is 2. The van der Waals surface area contributed by atoms with Crippen molar-refractivity contribution in [3.63, 3.8) is 0 Å². The zero-order chi connectivity index (χ0) is 23.2. The molecule has 0 atom stereocenters. The summed E-state index contributed by atoms with van der Waals surface area (Å²) in [5, 5.41) is 18.3. The fraction of sp³-hybridized carbons (Fsp3) is 0.391. The molecule has 2 aromatic heterocycles. The summed E-state index contributed by atoms with van der Waals surface area (Å²) in [6, 6.07) is 11.2. The van der Waals surface area contributed by atoms with Gasteiger partial charge in [-0.3, -0.25) is 9.89 Å². The van der Waals surface area contributed by atoms with Crippen LogP contribution in [-0.2, 0) is 12.8 Å². The summed E-state index contributed by atoms with van der Waals surface area (Å²) in [5.74, 6) is 2.39. The molecule has 3 aromatic rings. The molecule has 0 radical (unpaired) electrons. The number of carbonyl (C=O) groups excluding carboxylic acids is 1. The number of H-pyrrole nitrogens is 1. The van der Waals surface area contributed by atoms with E-state index in [0.29, 0.717) is 5.82 Å². The summed E-state index contributed by atoms with van der Waals surface area (Å²) in [7, 11) is 5.37. The van der Waals surface area contributed by atoms with Crippen molar-refractivity contribution in [2.75, 3.05) is 57.7 Å². The van der Waals surface area contributed by atoms with Gasteiger partial charge in [0.25, 0.3) is 5.91 Å². The molecule has 0 aliphatic carbocycles. The standard InChI is InChI=1S/C23H29N7O3/c1-29-8-10-30(11-9-29)22-7-6-20(26-28-22)23(31)24-21-14-17(25-27-21)5-4-16-12-18(32-2)15-19(13-16)33-3/h6-7,12-15H,4-5,8-11H2,1-3H3,(H2,24,25,27,31). The lowest BCUT2D eigenvalue weighted by molar-refractivity contribution is 0.102. The molecular weight excluding hydrogens is 422 g/mol. The van der Waals surface area contributed by atoms with Gasteiger partial charge < -0.3 is 24.6 Å². The second-order valence-corrected chi connectivity index (χ2v) is 8.02. The summed E-state index contributed by atoms with van der Waals surface area (Å²) < 4.78 is 10.6. The first kappa shape index (κ1) is 22.5. The van der Waals surface area contributed by atoms with Crippen molar-refractivity contribution in [1.82, 2.24) is 25.3 Å². The predicted molar refractivity (Wildman–Crippen MR) is 125 cm³/mol. The van der Waals surface area contributed by atoms with E-state index in [-0.39, 0.29) is 11.6 Å². The largest absolute Gasteiger partial charge is 0.497 e. The molecule has 1 fully saturated rings. The Labute approximate surface area is 192 Å². The Morgan fingerprint density at radius 3 is 2.36 bits per heavy atom. The van der Waals surface area contributed by atoms with E-state index < -0.39 is 0 Å². The minimum Gasteiger partial charge on any atom is -0.497 e. The second-order valence-electron chi connectivity index (χ2n) is 8.02. The van der Waals surface area contributed by atoms with E-state index in [1.165, 1.54) is 0 Å². The highest BCUT2D eigenvalue weighted by atomic mass is 16.5. The number of likely N-dealkylation sites (N-methyl/N-ethyl adjacent to an activating group) is 1. The number of carbonyl (C=O) groups is 1. The molecule has 1 amide bonds. The van der Waals surface area contributed by atoms with E-state index in [9.17, 15) is 4.79 Å². The molecule has 0 bridgehead atoms. The van der Waals surface area contributed by atoms with Crippen LogP contribution in [0.4, 0.5) is 11.6 Å². The Balaban J connectivity index is 1.32. The smallest absolute Gasteiger partial charge is 0.277 e. The molecular formula is C23H29N7O3. The topological polar surface area (TPSA) is 109 Å². The first-order valence-corrected chi connectivity index (χ1v) is 10.9. The van der Waals surface area contributed by atoms with Crippen LogP contribution in [0, 0.1) is 0 Å². The van der Waals surface area contributed by atoms with Crippen molar-refractivity contribution < 1.29 is 14.3 Å². The maximum Gasteiger partial charge on any atom is 0.277 e. The molecule has 3 heterocycles. The number of hydrogen-bond donors (Lipinski definition) is 2. The molecule has 0 spiro atoms. The zero-order valence-electron chi connectivity index (χ0n) is 19.2. The quantitative estimate of drug-likeness (QED) is 0.535. The predicted octanol–water partition coefficient (Wildman–Crippen LogP) is 2.01. The number of ether oxygens (including phenoxy) is 2. The molecule has 4 rings (SSSR count). The van der Waals surface area contributed by atoms with Crippen LogP contribution >= 0.6 is 0 Å². The van der Waals surface area contributed by atoms with Gasteiger partial charge in [-0.2, -0.15) is 5.10 Å². The van der Waals surface area contributed by atoms with Gasteiger partial charge in [0.1, 0.15) is 11.5 Å². The van der Waals surface area contributed by atoms with E-state index in [4.69, 9.17) is 9.47 Å². The third-order valence-corrected chi connectivity index (χ3v) is 5.68. The summed E-state index contributed by atoms with van der Waals surface area (Å²) in [6.45, 7) is 3.76. The van der Waals surface area contributed by atoms with Gasteiger partial charge in [-0.1, -0.05) is 0 Å². The van der Waals surface area contributed by atoms with Crippen molar-refractivity contribution in [3.05, 3.63) is 53.3 Å². The lowest BCUT2D eigenvalue weighted by Gasteiger charge is -2.32. The number of amides is 1. The van der Waals surface area contributed by atoms with Gasteiger partial charge in [0.05, 0.1) is 14.2 Å². The van der Waals surface area contributed by atoms with E-state index in [1.807, 2.05) is 30.3 Å². The lowest BCUT2D eigenvalue weighted by atomic mass is 10.1. The molecule has 174 valence electrons. The summed E-state index contributed by atoms with van der Waals surface area (Å²) in [4.78, 5) is 17.0. The van der Waals surface area contributed by atoms with E-state index in [2.05, 4.69) is 42.6 Å². The number of aromatic amines is 1. The van der Waals surface area contributed by atoms with Crippen LogP contribution in [-0.4, -0.2) is 78.6 Å². The lowest BCUT2D eigenvalue weighted by Crippen LogP contribution is -2.44. The molecule has 1 aromatic carbocycles. The van der Waals surface area contributed by atoms with Crippen molar-refractivity contribution >= 4 is 17.5 Å². The number of nitrogens with zero attached hydrogens (tertiary/aromatic N) is 5. The molecule has 2 N–H and O–H groups in total. The van der Waals surface area contributed by atoms with Crippen LogP contribution in [0.3, 0.4) is 0 Å². The molecule has 10 nitrogen and oxygen atoms in total. The molecule has 10 heteroatoms. The van der Waals surface area contributed by atoms with Gasteiger partial charge >= 0.3 is 0 Å². The van der Waals surface area contributed by atoms with E-state index in [1.54, 1.807) is 20.3 Å². The number of aromatic nitrogens is 4.